The molecule has 1 rings (SSSR count). The fourth-order valence-corrected chi connectivity index (χ4v) is 2.35. The molecule has 0 N–H and O–H groups in total. The molecule has 0 aliphatic carbocycles. The topological polar surface area (TPSA) is 17.3 Å². The molecule has 0 amide bonds. The van der Waals surface area contributed by atoms with E-state index in [1.54, 1.807) is 0 Å². The average molecular weight is 276 g/mol. The fraction of sp³-hybridized carbons (Fsp3) is 0.722. The summed E-state index contributed by atoms with van der Waals surface area (Å²) in [6, 6.07) is 4.28. The molecule has 0 aliphatic rings. The normalized spacial score (nSPS) is 10.7. The minimum absolute atomic E-state index is 0.978. The van der Waals surface area contributed by atoms with Gasteiger partial charge in [0.05, 0.1) is 5.36 Å². The Morgan fingerprint density at radius 2 is 1.40 bits per heavy atom. The summed E-state index contributed by atoms with van der Waals surface area (Å²) >= 11 is 0. The zero-order valence-corrected chi connectivity index (χ0v) is 13.5. The van der Waals surface area contributed by atoms with E-state index in [2.05, 4.69) is 47.9 Å². The largest absolute Gasteiger partial charge is 0.354 e. The van der Waals surface area contributed by atoms with Crippen LogP contribution in [0.4, 0.5) is 0 Å². The number of nitrogens with zero attached hydrogens (tertiary/aromatic N) is 2. The van der Waals surface area contributed by atoms with Crippen molar-refractivity contribution in [2.75, 3.05) is 6.54 Å². The Bertz CT molecular complexity index is 372. The predicted octanol–water partition coefficient (Wildman–Crippen LogP) is 4.94. The minimum atomic E-state index is 0.978. The molecular formula is C18H32N2. The zero-order valence-electron chi connectivity index (χ0n) is 13.5. The molecule has 0 saturated carbocycles. The number of aromatic nitrogens is 1. The lowest BCUT2D eigenvalue weighted by Crippen LogP contribution is -2.06. The number of aryl methyl sites for hydroxylation is 1. The van der Waals surface area contributed by atoms with Crippen molar-refractivity contribution < 1.29 is 0 Å². The van der Waals surface area contributed by atoms with Gasteiger partial charge in [-0.3, -0.25) is 4.99 Å². The van der Waals surface area contributed by atoms with Crippen molar-refractivity contribution >= 4 is 0 Å². The van der Waals surface area contributed by atoms with Gasteiger partial charge in [0.2, 0.25) is 0 Å². The molecule has 0 saturated heterocycles. The van der Waals surface area contributed by atoms with Gasteiger partial charge >= 0.3 is 0 Å². The van der Waals surface area contributed by atoms with Crippen LogP contribution in [0.5, 0.6) is 0 Å². The van der Waals surface area contributed by atoms with Crippen molar-refractivity contribution in [2.24, 2.45) is 4.99 Å². The maximum Gasteiger partial charge on any atom is 0.0603 e. The molecule has 0 aliphatic heterocycles. The molecule has 0 unspecified atom stereocenters. The fourth-order valence-electron chi connectivity index (χ4n) is 2.35. The predicted molar refractivity (Wildman–Crippen MR) is 87.8 cm³/mol. The Morgan fingerprint density at radius 1 is 0.800 bits per heavy atom. The molecule has 1 heterocycles. The zero-order chi connectivity index (χ0) is 14.5. The third-order valence-corrected chi connectivity index (χ3v) is 3.70. The Balaban J connectivity index is 2.20. The standard InChI is InChI=1S/C18H32N2/c1-3-5-7-8-9-10-14-19-18-12-16-20(17-13-18)15-11-6-4-2/h12-13,16-17H,3-11,14-15H2,1-2H3. The second kappa shape index (κ2) is 11.7. The van der Waals surface area contributed by atoms with Gasteiger partial charge in [-0.1, -0.05) is 58.8 Å². The molecule has 0 fully saturated rings. The number of rotatable bonds is 11. The molecule has 0 radical (unpaired) electrons. The summed E-state index contributed by atoms with van der Waals surface area (Å²) < 4.78 is 2.26. The van der Waals surface area contributed by atoms with E-state index in [0.29, 0.717) is 0 Å². The lowest BCUT2D eigenvalue weighted by Gasteiger charge is -2.04. The van der Waals surface area contributed by atoms with E-state index in [9.17, 15) is 0 Å². The lowest BCUT2D eigenvalue weighted by atomic mass is 10.1. The van der Waals surface area contributed by atoms with E-state index in [1.807, 2.05) is 0 Å². The first-order valence-corrected chi connectivity index (χ1v) is 8.53. The van der Waals surface area contributed by atoms with Gasteiger partial charge in [-0.25, -0.2) is 0 Å². The van der Waals surface area contributed by atoms with Crippen LogP contribution in [0, 0.1) is 0 Å². The first kappa shape index (κ1) is 17.0. The van der Waals surface area contributed by atoms with E-state index < -0.39 is 0 Å². The van der Waals surface area contributed by atoms with Gasteiger partial charge in [-0.15, -0.1) is 0 Å². The highest BCUT2D eigenvalue weighted by molar-refractivity contribution is 4.93. The van der Waals surface area contributed by atoms with Crippen molar-refractivity contribution in [3.8, 4) is 0 Å². The maximum atomic E-state index is 4.65. The molecule has 1 aromatic heterocycles. The van der Waals surface area contributed by atoms with Crippen LogP contribution in [0.2, 0.25) is 0 Å². The number of unbranched alkanes of at least 4 members (excludes halogenated alkanes) is 7. The van der Waals surface area contributed by atoms with Gasteiger partial charge in [0.1, 0.15) is 0 Å². The second-order valence-electron chi connectivity index (χ2n) is 5.65. The summed E-state index contributed by atoms with van der Waals surface area (Å²) in [6.07, 6.45) is 16.2. The maximum absolute atomic E-state index is 4.65. The third kappa shape index (κ3) is 8.19. The van der Waals surface area contributed by atoms with E-state index in [0.717, 1.165) is 18.4 Å². The van der Waals surface area contributed by atoms with E-state index in [-0.39, 0.29) is 0 Å². The monoisotopic (exact) mass is 276 g/mol. The minimum Gasteiger partial charge on any atom is -0.354 e. The Labute approximate surface area is 125 Å². The van der Waals surface area contributed by atoms with Crippen LogP contribution >= 0.6 is 0 Å². The molecule has 0 bridgehead atoms. The molecule has 0 atom stereocenters. The summed E-state index contributed by atoms with van der Waals surface area (Å²) in [4.78, 5) is 4.65. The van der Waals surface area contributed by atoms with E-state index in [4.69, 9.17) is 0 Å². The summed E-state index contributed by atoms with van der Waals surface area (Å²) in [5.74, 6) is 0. The third-order valence-electron chi connectivity index (χ3n) is 3.70. The molecule has 2 nitrogen and oxygen atoms in total. The molecule has 114 valence electrons. The Morgan fingerprint density at radius 3 is 2.10 bits per heavy atom. The molecule has 0 spiro atoms. The van der Waals surface area contributed by atoms with Gasteiger partial charge in [0.15, 0.2) is 0 Å². The van der Waals surface area contributed by atoms with Crippen molar-refractivity contribution in [2.45, 2.75) is 78.2 Å². The van der Waals surface area contributed by atoms with Crippen molar-refractivity contribution in [1.82, 2.24) is 4.57 Å². The van der Waals surface area contributed by atoms with Crippen LogP contribution in [0.25, 0.3) is 0 Å². The Kier molecular flexibility index (Phi) is 9.99. The number of hydrogen-bond acceptors (Lipinski definition) is 1. The summed E-state index contributed by atoms with van der Waals surface area (Å²) in [7, 11) is 0. The summed E-state index contributed by atoms with van der Waals surface area (Å²) in [5.41, 5.74) is 0. The first-order chi connectivity index (χ1) is 9.86. The number of hydrogen-bond donors (Lipinski definition) is 0. The SMILES string of the molecule is CCCCCCCCN=c1ccn(CCCCC)cc1. The van der Waals surface area contributed by atoms with Crippen LogP contribution < -0.4 is 5.36 Å². The highest BCUT2D eigenvalue weighted by Crippen LogP contribution is 2.04. The van der Waals surface area contributed by atoms with Crippen molar-refractivity contribution in [3.63, 3.8) is 0 Å². The van der Waals surface area contributed by atoms with Gasteiger partial charge in [0.25, 0.3) is 0 Å². The summed E-state index contributed by atoms with van der Waals surface area (Å²) in [6.45, 7) is 6.62. The second-order valence-corrected chi connectivity index (χ2v) is 5.65. The van der Waals surface area contributed by atoms with Gasteiger partial charge in [-0.2, -0.15) is 0 Å². The Hall–Kier alpha value is -1.05. The van der Waals surface area contributed by atoms with E-state index in [1.165, 1.54) is 57.8 Å². The van der Waals surface area contributed by atoms with Crippen molar-refractivity contribution in [1.29, 1.82) is 0 Å². The van der Waals surface area contributed by atoms with Crippen molar-refractivity contribution in [3.05, 3.63) is 29.9 Å². The first-order valence-electron chi connectivity index (χ1n) is 8.53. The smallest absolute Gasteiger partial charge is 0.0603 e. The van der Waals surface area contributed by atoms with Crippen LogP contribution in [0.3, 0.4) is 0 Å². The molecular weight excluding hydrogens is 244 g/mol. The average Bonchev–Trinajstić information content (AvgIpc) is 2.48. The highest BCUT2D eigenvalue weighted by Gasteiger charge is 1.90. The van der Waals surface area contributed by atoms with Crippen LogP contribution in [-0.4, -0.2) is 11.1 Å². The van der Waals surface area contributed by atoms with Gasteiger partial charge in [0, 0.05) is 25.5 Å². The van der Waals surface area contributed by atoms with Crippen LogP contribution in [-0.2, 0) is 6.54 Å². The van der Waals surface area contributed by atoms with Gasteiger partial charge < -0.3 is 4.57 Å². The summed E-state index contributed by atoms with van der Waals surface area (Å²) in [5, 5.41) is 1.13. The lowest BCUT2D eigenvalue weighted by molar-refractivity contribution is 0.598. The van der Waals surface area contributed by atoms with Crippen LogP contribution in [0.15, 0.2) is 29.5 Å². The molecule has 1 aromatic rings. The molecule has 20 heavy (non-hydrogen) atoms. The molecule has 2 heteroatoms. The number of pyridine rings is 1. The molecule has 0 aromatic carbocycles. The highest BCUT2D eigenvalue weighted by atomic mass is 14.9. The van der Waals surface area contributed by atoms with Crippen LogP contribution in [0.1, 0.15) is 71.6 Å². The van der Waals surface area contributed by atoms with E-state index >= 15 is 0 Å². The quantitative estimate of drug-likeness (QED) is 0.509. The van der Waals surface area contributed by atoms with Gasteiger partial charge in [-0.05, 0) is 25.0 Å².